The van der Waals surface area contributed by atoms with Gasteiger partial charge in [0.2, 0.25) is 0 Å². The van der Waals surface area contributed by atoms with Crippen LogP contribution in [0, 0.1) is 23.2 Å². The van der Waals surface area contributed by atoms with E-state index in [9.17, 15) is 4.79 Å². The molecule has 22 heavy (non-hydrogen) atoms. The summed E-state index contributed by atoms with van der Waals surface area (Å²) in [6, 6.07) is 0.275. The van der Waals surface area contributed by atoms with Gasteiger partial charge in [-0.1, -0.05) is 40.0 Å². The minimum Gasteiger partial charge on any atom is -0.377 e. The van der Waals surface area contributed by atoms with Crippen LogP contribution in [0.5, 0.6) is 0 Å². The predicted octanol–water partition coefficient (Wildman–Crippen LogP) is 3.32. The van der Waals surface area contributed by atoms with E-state index in [1.165, 1.54) is 32.1 Å². The van der Waals surface area contributed by atoms with E-state index in [-0.39, 0.29) is 17.5 Å². The van der Waals surface area contributed by atoms with Crippen LogP contribution in [0.1, 0.15) is 59.3 Å². The summed E-state index contributed by atoms with van der Waals surface area (Å²) in [7, 11) is 0. The van der Waals surface area contributed by atoms with Crippen molar-refractivity contribution in [2.45, 2.75) is 71.4 Å². The van der Waals surface area contributed by atoms with Gasteiger partial charge in [-0.3, -0.25) is 0 Å². The van der Waals surface area contributed by atoms with E-state index >= 15 is 0 Å². The fourth-order valence-electron chi connectivity index (χ4n) is 4.89. The third-order valence-electron chi connectivity index (χ3n) is 6.48. The number of amides is 2. The number of ether oxygens (including phenoxy) is 1. The maximum Gasteiger partial charge on any atom is 0.315 e. The molecule has 3 aliphatic rings. The standard InChI is InChI=1S/C18H32N2O2/c1-4-12-5-7-13(8-6-12)11-19-17(21)20-15-14-9-10-22-16(14)18(15,2)3/h12-16H,4-11H2,1-3H3,(H2,19,20,21)/t12?,13?,14-,15-,16+/m1/s1. The van der Waals surface area contributed by atoms with E-state index in [2.05, 4.69) is 31.4 Å². The van der Waals surface area contributed by atoms with E-state index < -0.39 is 0 Å². The molecule has 0 bridgehead atoms. The first-order chi connectivity index (χ1) is 10.5. The maximum atomic E-state index is 12.2. The van der Waals surface area contributed by atoms with Crippen LogP contribution in [0.2, 0.25) is 0 Å². The summed E-state index contributed by atoms with van der Waals surface area (Å²) in [6.07, 6.45) is 7.94. The lowest BCUT2D eigenvalue weighted by Gasteiger charge is -2.54. The summed E-state index contributed by atoms with van der Waals surface area (Å²) < 4.78 is 5.78. The van der Waals surface area contributed by atoms with Crippen LogP contribution in [-0.2, 0) is 4.74 Å². The van der Waals surface area contributed by atoms with Crippen molar-refractivity contribution >= 4 is 6.03 Å². The summed E-state index contributed by atoms with van der Waals surface area (Å²) >= 11 is 0. The summed E-state index contributed by atoms with van der Waals surface area (Å²) in [5.74, 6) is 2.10. The van der Waals surface area contributed by atoms with Crippen LogP contribution < -0.4 is 10.6 Å². The Morgan fingerprint density at radius 1 is 1.14 bits per heavy atom. The van der Waals surface area contributed by atoms with E-state index in [1.807, 2.05) is 0 Å². The molecule has 4 heteroatoms. The second kappa shape index (κ2) is 6.38. The monoisotopic (exact) mass is 308 g/mol. The highest BCUT2D eigenvalue weighted by Crippen LogP contribution is 2.52. The molecule has 0 spiro atoms. The van der Waals surface area contributed by atoms with Crippen LogP contribution in [0.4, 0.5) is 4.79 Å². The van der Waals surface area contributed by atoms with Gasteiger partial charge in [0.05, 0.1) is 6.10 Å². The quantitative estimate of drug-likeness (QED) is 0.837. The van der Waals surface area contributed by atoms with Crippen LogP contribution in [0.3, 0.4) is 0 Å². The zero-order chi connectivity index (χ0) is 15.7. The number of nitrogens with one attached hydrogen (secondary N) is 2. The average Bonchev–Trinajstić information content (AvgIpc) is 2.98. The molecule has 3 fully saturated rings. The Balaban J connectivity index is 1.40. The third kappa shape index (κ3) is 2.99. The zero-order valence-electron chi connectivity index (χ0n) is 14.4. The number of hydrogen-bond donors (Lipinski definition) is 2. The van der Waals surface area contributed by atoms with Gasteiger partial charge in [0.1, 0.15) is 0 Å². The van der Waals surface area contributed by atoms with Crippen molar-refractivity contribution in [3.63, 3.8) is 0 Å². The van der Waals surface area contributed by atoms with Gasteiger partial charge < -0.3 is 15.4 Å². The molecular weight excluding hydrogens is 276 g/mol. The first kappa shape index (κ1) is 16.1. The van der Waals surface area contributed by atoms with Crippen LogP contribution >= 0.6 is 0 Å². The highest BCUT2D eigenvalue weighted by atomic mass is 16.5. The molecule has 126 valence electrons. The normalized spacial score (nSPS) is 39.7. The lowest BCUT2D eigenvalue weighted by molar-refractivity contribution is -0.108. The van der Waals surface area contributed by atoms with Gasteiger partial charge in [-0.05, 0) is 31.1 Å². The summed E-state index contributed by atoms with van der Waals surface area (Å²) in [4.78, 5) is 12.2. The summed E-state index contributed by atoms with van der Waals surface area (Å²) in [5.41, 5.74) is 0.0672. The molecule has 0 aromatic heterocycles. The van der Waals surface area contributed by atoms with Gasteiger partial charge in [-0.2, -0.15) is 0 Å². The lowest BCUT2D eigenvalue weighted by atomic mass is 9.57. The molecule has 0 radical (unpaired) electrons. The Morgan fingerprint density at radius 3 is 2.50 bits per heavy atom. The number of fused-ring (bicyclic) bond motifs is 1. The Kier molecular flexibility index (Phi) is 4.67. The summed E-state index contributed by atoms with van der Waals surface area (Å²) in [5, 5.41) is 6.32. The molecule has 1 saturated heterocycles. The minimum atomic E-state index is 0.0149. The second-order valence-corrected chi connectivity index (χ2v) is 8.19. The van der Waals surface area contributed by atoms with Crippen molar-refractivity contribution in [2.75, 3.05) is 13.2 Å². The summed E-state index contributed by atoms with van der Waals surface area (Å²) in [6.45, 7) is 8.38. The highest BCUT2D eigenvalue weighted by Gasteiger charge is 2.59. The van der Waals surface area contributed by atoms with Gasteiger partial charge in [0.25, 0.3) is 0 Å². The van der Waals surface area contributed by atoms with Gasteiger partial charge in [0.15, 0.2) is 0 Å². The molecule has 1 heterocycles. The topological polar surface area (TPSA) is 50.4 Å². The fourth-order valence-corrected chi connectivity index (χ4v) is 4.89. The first-order valence-electron chi connectivity index (χ1n) is 9.18. The molecule has 4 nitrogen and oxygen atoms in total. The molecule has 0 aromatic rings. The van der Waals surface area contributed by atoms with Gasteiger partial charge in [0, 0.05) is 30.5 Å². The van der Waals surface area contributed by atoms with E-state index in [1.54, 1.807) is 0 Å². The van der Waals surface area contributed by atoms with Crippen LogP contribution in [-0.4, -0.2) is 31.3 Å². The number of carbonyl (C=O) groups is 1. The molecule has 3 atom stereocenters. The van der Waals surface area contributed by atoms with Crippen molar-refractivity contribution in [3.05, 3.63) is 0 Å². The van der Waals surface area contributed by atoms with Gasteiger partial charge >= 0.3 is 6.03 Å². The molecule has 2 N–H and O–H groups in total. The lowest BCUT2D eigenvalue weighted by Crippen LogP contribution is -2.67. The third-order valence-corrected chi connectivity index (χ3v) is 6.48. The van der Waals surface area contributed by atoms with Gasteiger partial charge in [-0.15, -0.1) is 0 Å². The Bertz CT molecular complexity index is 402. The molecule has 3 rings (SSSR count). The second-order valence-electron chi connectivity index (χ2n) is 8.19. The SMILES string of the molecule is CCC1CCC(CNC(=O)N[C@@H]2[C@H]3CCO[C@@H]3C2(C)C)CC1. The number of rotatable bonds is 4. The largest absolute Gasteiger partial charge is 0.377 e. The number of hydrogen-bond acceptors (Lipinski definition) is 2. The fraction of sp³-hybridized carbons (Fsp3) is 0.944. The number of urea groups is 1. The Morgan fingerprint density at radius 2 is 1.82 bits per heavy atom. The molecule has 0 aromatic carbocycles. The smallest absolute Gasteiger partial charge is 0.315 e. The van der Waals surface area contributed by atoms with E-state index in [0.29, 0.717) is 17.9 Å². The average molecular weight is 308 g/mol. The van der Waals surface area contributed by atoms with E-state index in [0.717, 1.165) is 25.5 Å². The maximum absolute atomic E-state index is 12.2. The van der Waals surface area contributed by atoms with Crippen LogP contribution in [0.25, 0.3) is 0 Å². The molecule has 0 unspecified atom stereocenters. The molecule has 2 amide bonds. The van der Waals surface area contributed by atoms with Crippen molar-refractivity contribution in [1.82, 2.24) is 10.6 Å². The number of carbonyl (C=O) groups excluding carboxylic acids is 1. The molecule has 2 saturated carbocycles. The molecular formula is C18H32N2O2. The zero-order valence-corrected chi connectivity index (χ0v) is 14.4. The van der Waals surface area contributed by atoms with Gasteiger partial charge in [-0.25, -0.2) is 4.79 Å². The Labute approximate surface area is 134 Å². The predicted molar refractivity (Wildman–Crippen MR) is 87.7 cm³/mol. The van der Waals surface area contributed by atoms with Crippen LogP contribution in [0.15, 0.2) is 0 Å². The highest BCUT2D eigenvalue weighted by molar-refractivity contribution is 5.74. The Hall–Kier alpha value is -0.770. The molecule has 2 aliphatic carbocycles. The van der Waals surface area contributed by atoms with Crippen molar-refractivity contribution < 1.29 is 9.53 Å². The van der Waals surface area contributed by atoms with Crippen molar-refractivity contribution in [2.24, 2.45) is 23.2 Å². The van der Waals surface area contributed by atoms with E-state index in [4.69, 9.17) is 4.74 Å². The minimum absolute atomic E-state index is 0.0149. The molecule has 1 aliphatic heterocycles. The van der Waals surface area contributed by atoms with Crippen molar-refractivity contribution in [3.8, 4) is 0 Å². The van der Waals surface area contributed by atoms with Crippen molar-refractivity contribution in [1.29, 1.82) is 0 Å². The first-order valence-corrected chi connectivity index (χ1v) is 9.18.